The molecular formula is C21H20N6OS. The number of fused-ring (bicyclic) bond motifs is 1. The third kappa shape index (κ3) is 2.99. The zero-order valence-corrected chi connectivity index (χ0v) is 16.6. The number of benzene rings is 1. The van der Waals surface area contributed by atoms with Crippen molar-refractivity contribution in [3.8, 4) is 27.8 Å². The van der Waals surface area contributed by atoms with Crippen molar-refractivity contribution >= 4 is 22.2 Å². The van der Waals surface area contributed by atoms with Crippen LogP contribution < -0.4 is 10.1 Å². The smallest absolute Gasteiger partial charge is 0.233 e. The van der Waals surface area contributed by atoms with Crippen molar-refractivity contribution in [2.45, 2.75) is 25.4 Å². The summed E-state index contributed by atoms with van der Waals surface area (Å²) in [7, 11) is 0. The largest absolute Gasteiger partial charge is 0.471 e. The molecule has 1 aliphatic carbocycles. The molecule has 3 aromatic heterocycles. The molecule has 1 aliphatic heterocycles. The Bertz CT molecular complexity index is 1170. The highest BCUT2D eigenvalue weighted by Crippen LogP contribution is 2.53. The van der Waals surface area contributed by atoms with Crippen molar-refractivity contribution in [2.75, 3.05) is 13.1 Å². The molecule has 0 amide bonds. The average Bonchev–Trinajstić information content (AvgIpc) is 3.17. The number of nitrogens with zero attached hydrogens (tertiary/aromatic N) is 4. The van der Waals surface area contributed by atoms with Gasteiger partial charge in [0.05, 0.1) is 17.9 Å². The molecule has 1 aromatic carbocycles. The molecule has 29 heavy (non-hydrogen) atoms. The van der Waals surface area contributed by atoms with Crippen LogP contribution in [0.15, 0.2) is 42.2 Å². The number of H-pyrrole nitrogens is 1. The minimum atomic E-state index is 0.160. The number of rotatable bonds is 4. The Morgan fingerprint density at radius 1 is 1.17 bits per heavy atom. The van der Waals surface area contributed by atoms with E-state index in [1.165, 1.54) is 19.3 Å². The third-order valence-electron chi connectivity index (χ3n) is 6.06. The lowest BCUT2D eigenvalue weighted by molar-refractivity contribution is 0.0844. The molecular weight excluding hydrogens is 384 g/mol. The molecule has 4 heterocycles. The molecule has 2 fully saturated rings. The Balaban J connectivity index is 1.34. The van der Waals surface area contributed by atoms with E-state index in [0.717, 1.165) is 40.3 Å². The molecule has 0 unspecified atom stereocenters. The van der Waals surface area contributed by atoms with Crippen molar-refractivity contribution in [1.82, 2.24) is 30.5 Å². The number of hydrogen-bond acceptors (Lipinski definition) is 7. The van der Waals surface area contributed by atoms with E-state index in [1.54, 1.807) is 23.7 Å². The van der Waals surface area contributed by atoms with Gasteiger partial charge in [0.1, 0.15) is 22.5 Å². The van der Waals surface area contributed by atoms with E-state index < -0.39 is 0 Å². The van der Waals surface area contributed by atoms with Crippen LogP contribution in [0.4, 0.5) is 0 Å². The quantitative estimate of drug-likeness (QED) is 0.540. The standard InChI is InChI=1S/C21H20N6OS/c1-2-15-14(9-13(1)20-24-7-8-29-20)19(27-26-15)16-10-23-12-18(25-16)28-17-11-22-6-5-21(17)3-4-21/h1-2,7-10,12,17,22H,3-6,11H2,(H,26,27)/t17-/m0/s1. The van der Waals surface area contributed by atoms with Crippen molar-refractivity contribution in [3.63, 3.8) is 0 Å². The fourth-order valence-corrected chi connectivity index (χ4v) is 4.86. The average molecular weight is 404 g/mol. The van der Waals surface area contributed by atoms with Gasteiger partial charge in [-0.05, 0) is 44.0 Å². The highest BCUT2D eigenvalue weighted by atomic mass is 32.1. The number of aromatic amines is 1. The van der Waals surface area contributed by atoms with Crippen LogP contribution in [0.1, 0.15) is 19.3 Å². The van der Waals surface area contributed by atoms with E-state index in [4.69, 9.17) is 9.72 Å². The van der Waals surface area contributed by atoms with Crippen molar-refractivity contribution in [2.24, 2.45) is 5.41 Å². The van der Waals surface area contributed by atoms with Crippen molar-refractivity contribution in [1.29, 1.82) is 0 Å². The highest BCUT2D eigenvalue weighted by molar-refractivity contribution is 7.13. The van der Waals surface area contributed by atoms with E-state index >= 15 is 0 Å². The summed E-state index contributed by atoms with van der Waals surface area (Å²) in [5, 5.41) is 15.0. The number of aromatic nitrogens is 5. The molecule has 1 atom stereocenters. The van der Waals surface area contributed by atoms with Crippen LogP contribution in [0.2, 0.25) is 0 Å². The maximum atomic E-state index is 6.28. The van der Waals surface area contributed by atoms with Gasteiger partial charge in [0, 0.05) is 34.5 Å². The number of hydrogen-bond donors (Lipinski definition) is 2. The van der Waals surface area contributed by atoms with Gasteiger partial charge < -0.3 is 10.1 Å². The van der Waals surface area contributed by atoms with Crippen LogP contribution in [0, 0.1) is 5.41 Å². The highest BCUT2D eigenvalue weighted by Gasteiger charge is 2.52. The second kappa shape index (κ2) is 6.60. The van der Waals surface area contributed by atoms with Gasteiger partial charge >= 0.3 is 0 Å². The Morgan fingerprint density at radius 2 is 2.14 bits per heavy atom. The molecule has 2 aliphatic rings. The predicted molar refractivity (Wildman–Crippen MR) is 112 cm³/mol. The van der Waals surface area contributed by atoms with Crippen LogP contribution in [0.5, 0.6) is 5.88 Å². The summed E-state index contributed by atoms with van der Waals surface area (Å²) in [5.41, 5.74) is 3.85. The van der Waals surface area contributed by atoms with Gasteiger partial charge in [-0.15, -0.1) is 11.3 Å². The summed E-state index contributed by atoms with van der Waals surface area (Å²) in [5.74, 6) is 0.565. The van der Waals surface area contributed by atoms with Gasteiger partial charge in [0.2, 0.25) is 5.88 Å². The maximum Gasteiger partial charge on any atom is 0.233 e. The maximum absolute atomic E-state index is 6.28. The fourth-order valence-electron chi connectivity index (χ4n) is 4.22. The van der Waals surface area contributed by atoms with E-state index in [2.05, 4.69) is 37.6 Å². The van der Waals surface area contributed by atoms with E-state index in [-0.39, 0.29) is 6.10 Å². The lowest BCUT2D eigenvalue weighted by atomic mass is 9.92. The Hall–Kier alpha value is -2.84. The molecule has 6 rings (SSSR count). The summed E-state index contributed by atoms with van der Waals surface area (Å²) in [6.45, 7) is 1.95. The van der Waals surface area contributed by atoms with E-state index in [0.29, 0.717) is 17.0 Å². The van der Waals surface area contributed by atoms with Crippen molar-refractivity contribution in [3.05, 3.63) is 42.2 Å². The van der Waals surface area contributed by atoms with Gasteiger partial charge in [-0.2, -0.15) is 5.10 Å². The van der Waals surface area contributed by atoms with Crippen LogP contribution in [0.3, 0.4) is 0 Å². The first-order valence-corrected chi connectivity index (χ1v) is 10.8. The summed E-state index contributed by atoms with van der Waals surface area (Å²) in [4.78, 5) is 13.5. The molecule has 146 valence electrons. The summed E-state index contributed by atoms with van der Waals surface area (Å²) in [6, 6.07) is 6.19. The Labute approximate surface area is 171 Å². The Kier molecular flexibility index (Phi) is 3.88. The number of thiazole rings is 1. The minimum Gasteiger partial charge on any atom is -0.471 e. The normalized spacial score (nSPS) is 20.2. The van der Waals surface area contributed by atoms with Crippen LogP contribution in [0.25, 0.3) is 32.9 Å². The summed E-state index contributed by atoms with van der Waals surface area (Å²) < 4.78 is 6.28. The van der Waals surface area contributed by atoms with Crippen molar-refractivity contribution < 1.29 is 4.74 Å². The molecule has 4 aromatic rings. The molecule has 7 nitrogen and oxygen atoms in total. The summed E-state index contributed by atoms with van der Waals surface area (Å²) in [6.07, 6.45) is 9.09. The van der Waals surface area contributed by atoms with Gasteiger partial charge in [-0.1, -0.05) is 0 Å². The van der Waals surface area contributed by atoms with E-state index in [1.807, 2.05) is 17.6 Å². The first-order valence-electron chi connectivity index (χ1n) is 9.89. The summed E-state index contributed by atoms with van der Waals surface area (Å²) >= 11 is 1.62. The van der Waals surface area contributed by atoms with Crippen LogP contribution in [-0.4, -0.2) is 44.3 Å². The fraction of sp³-hybridized carbons (Fsp3) is 0.333. The van der Waals surface area contributed by atoms with Gasteiger partial charge in [0.15, 0.2) is 0 Å². The molecule has 8 heteroatoms. The number of piperidine rings is 1. The molecule has 1 spiro atoms. The monoisotopic (exact) mass is 404 g/mol. The second-order valence-electron chi connectivity index (χ2n) is 7.84. The second-order valence-corrected chi connectivity index (χ2v) is 8.73. The van der Waals surface area contributed by atoms with Crippen LogP contribution >= 0.6 is 11.3 Å². The van der Waals surface area contributed by atoms with Gasteiger partial charge in [-0.3, -0.25) is 10.1 Å². The molecule has 1 saturated heterocycles. The zero-order valence-electron chi connectivity index (χ0n) is 15.8. The van der Waals surface area contributed by atoms with Gasteiger partial charge in [-0.25, -0.2) is 9.97 Å². The van der Waals surface area contributed by atoms with Gasteiger partial charge in [0.25, 0.3) is 0 Å². The zero-order chi connectivity index (χ0) is 19.3. The number of nitrogens with one attached hydrogen (secondary N) is 2. The molecule has 1 saturated carbocycles. The predicted octanol–water partition coefficient (Wildman–Crippen LogP) is 3.66. The molecule has 2 N–H and O–H groups in total. The lowest BCUT2D eigenvalue weighted by Crippen LogP contribution is -2.45. The SMILES string of the molecule is c1csc(-c2ccc3[nH]nc(-c4cncc(O[C@H]5CNCCC56CC6)n4)c3c2)n1. The molecule has 0 radical (unpaired) electrons. The van der Waals surface area contributed by atoms with Crippen LogP contribution in [-0.2, 0) is 0 Å². The first kappa shape index (κ1) is 17.1. The Morgan fingerprint density at radius 3 is 3.00 bits per heavy atom. The molecule has 0 bridgehead atoms. The minimum absolute atomic E-state index is 0.160. The van der Waals surface area contributed by atoms with E-state index in [9.17, 15) is 0 Å². The topological polar surface area (TPSA) is 88.6 Å². The lowest BCUT2D eigenvalue weighted by Gasteiger charge is -2.32. The third-order valence-corrected chi connectivity index (χ3v) is 6.89. The first-order chi connectivity index (χ1) is 14.3. The number of ether oxygens (including phenoxy) is 1.